The molecule has 2 aromatic rings. The normalized spacial score (nSPS) is 18.6. The summed E-state index contributed by atoms with van der Waals surface area (Å²) in [6.45, 7) is 0.936. The van der Waals surface area contributed by atoms with Gasteiger partial charge >= 0.3 is 5.97 Å². The fourth-order valence-corrected chi connectivity index (χ4v) is 4.27. The molecule has 2 amide bonds. The maximum absolute atomic E-state index is 12.5. The second kappa shape index (κ2) is 8.83. The van der Waals surface area contributed by atoms with Crippen molar-refractivity contribution in [2.24, 2.45) is 0 Å². The number of carbonyl (C=O) groups is 3. The Kier molecular flexibility index (Phi) is 6.25. The summed E-state index contributed by atoms with van der Waals surface area (Å²) in [4.78, 5) is 38.0. The Bertz CT molecular complexity index is 854. The monoisotopic (exact) mass is 404 g/mol. The van der Waals surface area contributed by atoms with Crippen molar-refractivity contribution in [3.8, 4) is 5.75 Å². The van der Waals surface area contributed by atoms with Gasteiger partial charge in [-0.25, -0.2) is 4.79 Å². The van der Waals surface area contributed by atoms with E-state index in [1.807, 2.05) is 0 Å². The van der Waals surface area contributed by atoms with Crippen molar-refractivity contribution < 1.29 is 28.3 Å². The van der Waals surface area contributed by atoms with E-state index in [4.69, 9.17) is 13.9 Å². The molecular weight excluding hydrogens is 384 g/mol. The molecule has 1 aliphatic heterocycles. The maximum Gasteiger partial charge on any atom is 0.330 e. The lowest BCUT2D eigenvalue weighted by molar-refractivity contribution is -0.155. The zero-order valence-electron chi connectivity index (χ0n) is 15.4. The first-order valence-electron chi connectivity index (χ1n) is 8.54. The van der Waals surface area contributed by atoms with Gasteiger partial charge in [-0.15, -0.1) is 11.8 Å². The largest absolute Gasteiger partial charge is 0.497 e. The summed E-state index contributed by atoms with van der Waals surface area (Å²) in [6, 6.07) is 9.53. The second-order valence-electron chi connectivity index (χ2n) is 6.03. The first-order chi connectivity index (χ1) is 13.5. The van der Waals surface area contributed by atoms with Crippen molar-refractivity contribution >= 4 is 35.2 Å². The van der Waals surface area contributed by atoms with Crippen molar-refractivity contribution in [3.63, 3.8) is 0 Å². The number of nitrogens with one attached hydrogen (secondary N) is 1. The molecule has 1 fully saturated rings. The predicted molar refractivity (Wildman–Crippen MR) is 103 cm³/mol. The summed E-state index contributed by atoms with van der Waals surface area (Å²) in [7, 11) is 1.53. The summed E-state index contributed by atoms with van der Waals surface area (Å²) in [5, 5.41) is 2.24. The van der Waals surface area contributed by atoms with E-state index >= 15 is 0 Å². The Morgan fingerprint density at radius 1 is 1.29 bits per heavy atom. The van der Waals surface area contributed by atoms with Crippen molar-refractivity contribution in [1.82, 2.24) is 4.90 Å². The van der Waals surface area contributed by atoms with E-state index in [0.717, 1.165) is 0 Å². The summed E-state index contributed by atoms with van der Waals surface area (Å²) in [6.07, 6.45) is 1.52. The molecule has 8 nitrogen and oxygen atoms in total. The van der Waals surface area contributed by atoms with E-state index in [0.29, 0.717) is 22.9 Å². The highest BCUT2D eigenvalue weighted by atomic mass is 32.2. The fourth-order valence-electron chi connectivity index (χ4n) is 2.85. The molecule has 28 heavy (non-hydrogen) atoms. The van der Waals surface area contributed by atoms with Crippen molar-refractivity contribution in [3.05, 3.63) is 48.4 Å². The van der Waals surface area contributed by atoms with Gasteiger partial charge in [0.25, 0.3) is 5.91 Å². The number of amides is 2. The predicted octanol–water partition coefficient (Wildman–Crippen LogP) is 2.43. The minimum Gasteiger partial charge on any atom is -0.497 e. The van der Waals surface area contributed by atoms with Crippen LogP contribution in [0.5, 0.6) is 5.75 Å². The van der Waals surface area contributed by atoms with Crippen LogP contribution in [0.3, 0.4) is 0 Å². The van der Waals surface area contributed by atoms with Gasteiger partial charge in [0.05, 0.1) is 13.4 Å². The zero-order valence-corrected chi connectivity index (χ0v) is 16.2. The van der Waals surface area contributed by atoms with Crippen LogP contribution in [-0.4, -0.2) is 48.2 Å². The van der Waals surface area contributed by atoms with Crippen molar-refractivity contribution in [1.29, 1.82) is 0 Å². The van der Waals surface area contributed by atoms with Gasteiger partial charge in [0.1, 0.15) is 22.9 Å². The molecule has 148 valence electrons. The molecule has 0 unspecified atom stereocenters. The van der Waals surface area contributed by atoms with E-state index in [-0.39, 0.29) is 5.91 Å². The van der Waals surface area contributed by atoms with Crippen LogP contribution in [0.4, 0.5) is 5.69 Å². The number of ether oxygens (including phenoxy) is 2. The number of benzene rings is 1. The van der Waals surface area contributed by atoms with Gasteiger partial charge in [0, 0.05) is 24.4 Å². The molecule has 2 heterocycles. The molecule has 0 aliphatic carbocycles. The number of nitrogens with zero attached hydrogens (tertiary/aromatic N) is 1. The van der Waals surface area contributed by atoms with Gasteiger partial charge in [-0.1, -0.05) is 6.07 Å². The first-order valence-corrected chi connectivity index (χ1v) is 9.59. The number of rotatable bonds is 6. The van der Waals surface area contributed by atoms with E-state index in [9.17, 15) is 14.4 Å². The molecule has 1 N–H and O–H groups in total. The Hall–Kier alpha value is -2.94. The molecule has 9 heteroatoms. The van der Waals surface area contributed by atoms with Crippen LogP contribution in [0.15, 0.2) is 47.1 Å². The number of hydrogen-bond donors (Lipinski definition) is 1. The van der Waals surface area contributed by atoms with E-state index in [1.54, 1.807) is 36.4 Å². The van der Waals surface area contributed by atoms with Gasteiger partial charge in [-0.05, 0) is 24.3 Å². The molecule has 1 aromatic carbocycles. The second-order valence-corrected chi connectivity index (χ2v) is 7.14. The Morgan fingerprint density at radius 3 is 2.79 bits per heavy atom. The number of thioether (sulfide) groups is 1. The first kappa shape index (κ1) is 19.8. The number of furan rings is 1. The third-order valence-corrected chi connectivity index (χ3v) is 5.41. The molecule has 1 aromatic heterocycles. The van der Waals surface area contributed by atoms with Gasteiger partial charge in [0.2, 0.25) is 5.91 Å². The zero-order chi connectivity index (χ0) is 20.1. The van der Waals surface area contributed by atoms with E-state index in [1.165, 1.54) is 37.0 Å². The van der Waals surface area contributed by atoms with Gasteiger partial charge in [-0.2, -0.15) is 0 Å². The minimum absolute atomic E-state index is 0.269. The minimum atomic E-state index is -0.776. The molecule has 0 spiro atoms. The van der Waals surface area contributed by atoms with E-state index in [2.05, 4.69) is 5.32 Å². The van der Waals surface area contributed by atoms with Crippen LogP contribution >= 0.6 is 11.8 Å². The third kappa shape index (κ3) is 4.48. The lowest BCUT2D eigenvalue weighted by atomic mass is 10.2. The summed E-state index contributed by atoms with van der Waals surface area (Å²) in [5.74, 6) is 0.169. The van der Waals surface area contributed by atoms with Crippen LogP contribution in [-0.2, 0) is 19.1 Å². The van der Waals surface area contributed by atoms with Gasteiger partial charge in [0.15, 0.2) is 6.61 Å². The molecule has 1 saturated heterocycles. The van der Waals surface area contributed by atoms with Crippen LogP contribution in [0, 0.1) is 0 Å². The number of anilines is 1. The highest BCUT2D eigenvalue weighted by Gasteiger charge is 2.43. The SMILES string of the molecule is COc1cccc(NC(=O)COC(=O)[C@H]2CS[C@H](c3ccco3)N2C(C)=O)c1. The van der Waals surface area contributed by atoms with Crippen LogP contribution in [0.1, 0.15) is 18.1 Å². The quantitative estimate of drug-likeness (QED) is 0.739. The Morgan fingerprint density at radius 2 is 2.11 bits per heavy atom. The van der Waals surface area contributed by atoms with E-state index < -0.39 is 29.9 Å². The van der Waals surface area contributed by atoms with Gasteiger partial charge < -0.3 is 24.1 Å². The molecule has 0 radical (unpaired) electrons. The molecule has 0 saturated carbocycles. The molecule has 3 rings (SSSR count). The number of hydrogen-bond acceptors (Lipinski definition) is 7. The van der Waals surface area contributed by atoms with Crippen LogP contribution < -0.4 is 10.1 Å². The van der Waals surface area contributed by atoms with Crippen molar-refractivity contribution in [2.45, 2.75) is 18.3 Å². The Labute approximate surface area is 166 Å². The molecule has 0 bridgehead atoms. The molecular formula is C19H20N2O6S. The summed E-state index contributed by atoms with van der Waals surface area (Å²) < 4.78 is 15.6. The van der Waals surface area contributed by atoms with Crippen LogP contribution in [0.25, 0.3) is 0 Å². The summed E-state index contributed by atoms with van der Waals surface area (Å²) in [5.41, 5.74) is 0.528. The highest BCUT2D eigenvalue weighted by Crippen LogP contribution is 2.41. The molecule has 1 aliphatic rings. The van der Waals surface area contributed by atoms with Crippen LogP contribution in [0.2, 0.25) is 0 Å². The average Bonchev–Trinajstić information content (AvgIpc) is 3.35. The number of carbonyl (C=O) groups excluding carboxylic acids is 3. The maximum atomic E-state index is 12.5. The van der Waals surface area contributed by atoms with Crippen molar-refractivity contribution in [2.75, 3.05) is 24.8 Å². The highest BCUT2D eigenvalue weighted by molar-refractivity contribution is 7.99. The number of methoxy groups -OCH3 is 1. The fraction of sp³-hybridized carbons (Fsp3) is 0.316. The third-order valence-electron chi connectivity index (χ3n) is 4.12. The average molecular weight is 404 g/mol. The topological polar surface area (TPSA) is 98.1 Å². The van der Waals surface area contributed by atoms with Gasteiger partial charge in [-0.3, -0.25) is 9.59 Å². The standard InChI is InChI=1S/C19H20N2O6S/c1-12(22)21-15(11-28-18(21)16-7-4-8-26-16)19(24)27-10-17(23)20-13-5-3-6-14(9-13)25-2/h3-9,15,18H,10-11H2,1-2H3,(H,20,23)/t15-,18-/m1/s1. The lowest BCUT2D eigenvalue weighted by Gasteiger charge is -2.25. The lowest BCUT2D eigenvalue weighted by Crippen LogP contribution is -2.43. The smallest absolute Gasteiger partial charge is 0.330 e. The number of esters is 1. The summed E-state index contributed by atoms with van der Waals surface area (Å²) >= 11 is 1.41. The Balaban J connectivity index is 1.57. The molecule has 2 atom stereocenters.